The van der Waals surface area contributed by atoms with Gasteiger partial charge < -0.3 is 21.3 Å². The van der Waals surface area contributed by atoms with Crippen molar-refractivity contribution in [3.05, 3.63) is 78.0 Å². The standard InChI is InChI=1S/C28H29N7O2/c36-25(30-21-11-12-21)17-29-16-18-3-5-19(6-4-18)24-2-1-15-35-26(24)33-28(34-35)32-23-9-7-20(8-10-23)27(37)31-22-13-14-22/h1-10,15,21-22,29H,11-14,16-17H2,(H,30,36)(H,31,37)(H,32,34). The van der Waals surface area contributed by atoms with Gasteiger partial charge in [0, 0.05) is 41.6 Å². The normalized spacial score (nSPS) is 14.9. The molecule has 2 saturated carbocycles. The van der Waals surface area contributed by atoms with E-state index in [-0.39, 0.29) is 11.8 Å². The number of rotatable bonds is 10. The molecule has 0 saturated heterocycles. The molecule has 0 aliphatic heterocycles. The van der Waals surface area contributed by atoms with Crippen molar-refractivity contribution in [3.63, 3.8) is 0 Å². The minimum atomic E-state index is -0.0366. The number of hydrogen-bond donors (Lipinski definition) is 4. The van der Waals surface area contributed by atoms with Crippen molar-refractivity contribution < 1.29 is 9.59 Å². The van der Waals surface area contributed by atoms with E-state index in [1.165, 1.54) is 0 Å². The van der Waals surface area contributed by atoms with Crippen LogP contribution >= 0.6 is 0 Å². The van der Waals surface area contributed by atoms with E-state index < -0.39 is 0 Å². The van der Waals surface area contributed by atoms with Gasteiger partial charge in [-0.15, -0.1) is 5.10 Å². The highest BCUT2D eigenvalue weighted by Crippen LogP contribution is 2.26. The molecule has 37 heavy (non-hydrogen) atoms. The molecule has 6 rings (SSSR count). The molecule has 2 amide bonds. The molecule has 2 fully saturated rings. The summed E-state index contributed by atoms with van der Waals surface area (Å²) in [7, 11) is 0. The maximum absolute atomic E-state index is 12.2. The maximum atomic E-state index is 12.2. The fourth-order valence-electron chi connectivity index (χ4n) is 4.14. The van der Waals surface area contributed by atoms with Gasteiger partial charge in [0.2, 0.25) is 11.9 Å². The number of pyridine rings is 1. The Hall–Kier alpha value is -4.24. The summed E-state index contributed by atoms with van der Waals surface area (Å²) in [5.74, 6) is 0.496. The lowest BCUT2D eigenvalue weighted by Gasteiger charge is -2.07. The van der Waals surface area contributed by atoms with Crippen LogP contribution in [-0.4, -0.2) is 45.0 Å². The number of nitrogens with one attached hydrogen (secondary N) is 4. The van der Waals surface area contributed by atoms with Gasteiger partial charge in [0.1, 0.15) is 0 Å². The number of anilines is 2. The monoisotopic (exact) mass is 495 g/mol. The third-order valence-electron chi connectivity index (χ3n) is 6.50. The van der Waals surface area contributed by atoms with Gasteiger partial charge in [0.05, 0.1) is 6.54 Å². The Kier molecular flexibility index (Phi) is 6.28. The zero-order valence-corrected chi connectivity index (χ0v) is 20.4. The van der Waals surface area contributed by atoms with Gasteiger partial charge in [-0.1, -0.05) is 24.3 Å². The molecule has 9 nitrogen and oxygen atoms in total. The molecule has 2 aliphatic carbocycles. The average molecular weight is 496 g/mol. The van der Waals surface area contributed by atoms with E-state index in [0.29, 0.717) is 36.7 Å². The molecule has 4 N–H and O–H groups in total. The topological polar surface area (TPSA) is 112 Å². The van der Waals surface area contributed by atoms with E-state index in [4.69, 9.17) is 4.98 Å². The predicted octanol–water partition coefficient (Wildman–Crippen LogP) is 3.40. The first-order chi connectivity index (χ1) is 18.1. The van der Waals surface area contributed by atoms with Crippen molar-refractivity contribution in [3.8, 4) is 11.1 Å². The van der Waals surface area contributed by atoms with E-state index in [0.717, 1.165) is 53.7 Å². The number of nitrogens with zero attached hydrogens (tertiary/aromatic N) is 3. The highest BCUT2D eigenvalue weighted by molar-refractivity contribution is 5.95. The van der Waals surface area contributed by atoms with Gasteiger partial charge in [-0.3, -0.25) is 9.59 Å². The first-order valence-electron chi connectivity index (χ1n) is 12.7. The van der Waals surface area contributed by atoms with Crippen molar-refractivity contribution >= 4 is 29.1 Å². The van der Waals surface area contributed by atoms with Crippen molar-refractivity contribution in [2.75, 3.05) is 11.9 Å². The van der Waals surface area contributed by atoms with E-state index >= 15 is 0 Å². The van der Waals surface area contributed by atoms with Gasteiger partial charge in [0.15, 0.2) is 5.65 Å². The number of hydrogen-bond acceptors (Lipinski definition) is 6. The fourth-order valence-corrected chi connectivity index (χ4v) is 4.14. The van der Waals surface area contributed by atoms with Crippen LogP contribution in [0.2, 0.25) is 0 Å². The first-order valence-corrected chi connectivity index (χ1v) is 12.7. The smallest absolute Gasteiger partial charge is 0.251 e. The SMILES string of the molecule is O=C(CNCc1ccc(-c2cccn3nc(Nc4ccc(C(=O)NC5CC5)cc4)nc23)cc1)NC1CC1. The highest BCUT2D eigenvalue weighted by Gasteiger charge is 2.24. The summed E-state index contributed by atoms with van der Waals surface area (Å²) in [5.41, 5.74) is 5.30. The van der Waals surface area contributed by atoms with Gasteiger partial charge in [-0.2, -0.15) is 4.98 Å². The number of fused-ring (bicyclic) bond motifs is 1. The lowest BCUT2D eigenvalue weighted by molar-refractivity contribution is -0.120. The van der Waals surface area contributed by atoms with Gasteiger partial charge in [-0.25, -0.2) is 4.52 Å². The van der Waals surface area contributed by atoms with Gasteiger partial charge >= 0.3 is 0 Å². The summed E-state index contributed by atoms with van der Waals surface area (Å²) in [6.45, 7) is 0.950. The Morgan fingerprint density at radius 1 is 0.892 bits per heavy atom. The van der Waals surface area contributed by atoms with Crippen molar-refractivity contribution in [2.45, 2.75) is 44.3 Å². The lowest BCUT2D eigenvalue weighted by atomic mass is 10.1. The largest absolute Gasteiger partial charge is 0.352 e. The third kappa shape index (κ3) is 5.78. The summed E-state index contributed by atoms with van der Waals surface area (Å²) in [5, 5.41) is 17.0. The second-order valence-electron chi connectivity index (χ2n) is 9.72. The molecule has 188 valence electrons. The molecule has 0 radical (unpaired) electrons. The molecular formula is C28H29N7O2. The van der Waals surface area contributed by atoms with Crippen LogP contribution in [0, 0.1) is 0 Å². The third-order valence-corrected chi connectivity index (χ3v) is 6.50. The van der Waals surface area contributed by atoms with Crippen LogP contribution in [0.25, 0.3) is 16.8 Å². The number of carbonyl (C=O) groups is 2. The Bertz CT molecular complexity index is 1420. The molecule has 9 heteroatoms. The second kappa shape index (κ2) is 10.0. The Labute approximate surface area is 214 Å². The van der Waals surface area contributed by atoms with Gasteiger partial charge in [0.25, 0.3) is 5.91 Å². The van der Waals surface area contributed by atoms with E-state index in [1.54, 1.807) is 16.6 Å². The summed E-state index contributed by atoms with van der Waals surface area (Å²) in [6.07, 6.45) is 6.19. The van der Waals surface area contributed by atoms with Crippen molar-refractivity contribution in [1.29, 1.82) is 0 Å². The lowest BCUT2D eigenvalue weighted by Crippen LogP contribution is -2.34. The molecule has 2 heterocycles. The van der Waals surface area contributed by atoms with E-state index in [1.807, 2.05) is 30.5 Å². The molecule has 2 aromatic carbocycles. The van der Waals surface area contributed by atoms with Crippen LogP contribution in [0.5, 0.6) is 0 Å². The van der Waals surface area contributed by atoms with Crippen molar-refractivity contribution in [1.82, 2.24) is 30.5 Å². The van der Waals surface area contributed by atoms with Gasteiger partial charge in [-0.05, 0) is 73.2 Å². The zero-order chi connectivity index (χ0) is 25.2. The number of carbonyl (C=O) groups excluding carboxylic acids is 2. The quantitative estimate of drug-likeness (QED) is 0.268. The second-order valence-corrected chi connectivity index (χ2v) is 9.72. The van der Waals surface area contributed by atoms with Crippen LogP contribution in [-0.2, 0) is 11.3 Å². The first kappa shape index (κ1) is 23.2. The van der Waals surface area contributed by atoms with Crippen LogP contribution in [0.3, 0.4) is 0 Å². The Morgan fingerprint density at radius 3 is 2.35 bits per heavy atom. The molecule has 2 aliphatic rings. The van der Waals surface area contributed by atoms with Crippen LogP contribution in [0.15, 0.2) is 66.9 Å². The fraction of sp³-hybridized carbons (Fsp3) is 0.286. The molecule has 0 unspecified atom stereocenters. The maximum Gasteiger partial charge on any atom is 0.251 e. The molecule has 0 atom stereocenters. The summed E-state index contributed by atoms with van der Waals surface area (Å²) < 4.78 is 1.75. The molecule has 2 aromatic heterocycles. The molecular weight excluding hydrogens is 466 g/mol. The number of aromatic nitrogens is 3. The highest BCUT2D eigenvalue weighted by atomic mass is 16.2. The van der Waals surface area contributed by atoms with E-state index in [2.05, 4.69) is 50.6 Å². The minimum Gasteiger partial charge on any atom is -0.352 e. The zero-order valence-electron chi connectivity index (χ0n) is 20.4. The summed E-state index contributed by atoms with van der Waals surface area (Å²) in [6, 6.07) is 20.2. The Balaban J connectivity index is 1.11. The van der Waals surface area contributed by atoms with Crippen LogP contribution in [0.4, 0.5) is 11.6 Å². The van der Waals surface area contributed by atoms with Crippen LogP contribution in [0.1, 0.15) is 41.6 Å². The molecule has 4 aromatic rings. The summed E-state index contributed by atoms with van der Waals surface area (Å²) >= 11 is 0. The average Bonchev–Trinajstić information content (AvgIpc) is 3.84. The number of amides is 2. The molecule has 0 spiro atoms. The number of benzene rings is 2. The van der Waals surface area contributed by atoms with E-state index in [9.17, 15) is 9.59 Å². The van der Waals surface area contributed by atoms with Crippen LogP contribution < -0.4 is 21.3 Å². The predicted molar refractivity (Wildman–Crippen MR) is 142 cm³/mol. The summed E-state index contributed by atoms with van der Waals surface area (Å²) in [4.78, 5) is 28.8. The Morgan fingerprint density at radius 2 is 1.62 bits per heavy atom. The molecule has 0 bridgehead atoms. The van der Waals surface area contributed by atoms with Crippen molar-refractivity contribution in [2.24, 2.45) is 0 Å². The minimum absolute atomic E-state index is 0.0366.